The van der Waals surface area contributed by atoms with E-state index in [1.807, 2.05) is 67.6 Å². The van der Waals surface area contributed by atoms with Crippen molar-refractivity contribution in [3.05, 3.63) is 90.0 Å². The smallest absolute Gasteiger partial charge is 0.344 e. The van der Waals surface area contributed by atoms with Crippen molar-refractivity contribution in [2.75, 3.05) is 26.9 Å². The van der Waals surface area contributed by atoms with Crippen LogP contribution in [-0.4, -0.2) is 49.5 Å². The maximum atomic E-state index is 13.1. The SMILES string of the molecule is CCOc1ccccc1OCC(=O)OCC(=O)N1N=C(c2ccccc2)C[C@@H]1c1ccc(OC)cc1. The van der Waals surface area contributed by atoms with Gasteiger partial charge < -0.3 is 18.9 Å². The molecule has 8 heteroatoms. The Bertz CT molecular complexity index is 1210. The summed E-state index contributed by atoms with van der Waals surface area (Å²) in [5.74, 6) is 0.593. The molecule has 1 aliphatic heterocycles. The average Bonchev–Trinajstić information content (AvgIpc) is 3.38. The molecule has 1 atom stereocenters. The third kappa shape index (κ3) is 6.02. The van der Waals surface area contributed by atoms with Gasteiger partial charge in [0.15, 0.2) is 24.7 Å². The highest BCUT2D eigenvalue weighted by atomic mass is 16.6. The molecule has 0 aliphatic carbocycles. The fraction of sp³-hybridized carbons (Fsp3) is 0.250. The van der Waals surface area contributed by atoms with E-state index in [2.05, 4.69) is 5.10 Å². The van der Waals surface area contributed by atoms with Crippen molar-refractivity contribution >= 4 is 17.6 Å². The number of rotatable bonds is 10. The molecule has 0 unspecified atom stereocenters. The Morgan fingerprint density at radius 3 is 2.22 bits per heavy atom. The highest BCUT2D eigenvalue weighted by Crippen LogP contribution is 2.33. The van der Waals surface area contributed by atoms with E-state index in [0.717, 1.165) is 22.6 Å². The molecule has 0 N–H and O–H groups in total. The zero-order chi connectivity index (χ0) is 25.3. The van der Waals surface area contributed by atoms with Gasteiger partial charge in [-0.05, 0) is 42.3 Å². The first-order chi connectivity index (χ1) is 17.6. The van der Waals surface area contributed by atoms with Gasteiger partial charge in [-0.25, -0.2) is 9.80 Å². The minimum Gasteiger partial charge on any atom is -0.497 e. The molecule has 0 aromatic heterocycles. The molecule has 0 spiro atoms. The summed E-state index contributed by atoms with van der Waals surface area (Å²) in [6, 6.07) is 23.9. The summed E-state index contributed by atoms with van der Waals surface area (Å²) < 4.78 is 21.5. The second-order valence-electron chi connectivity index (χ2n) is 7.97. The predicted octanol–water partition coefficient (Wildman–Crippen LogP) is 4.39. The summed E-state index contributed by atoms with van der Waals surface area (Å²) in [6.45, 7) is 1.53. The van der Waals surface area contributed by atoms with E-state index < -0.39 is 18.5 Å². The number of carbonyl (C=O) groups is 2. The van der Waals surface area contributed by atoms with Crippen LogP contribution in [-0.2, 0) is 14.3 Å². The highest BCUT2D eigenvalue weighted by molar-refractivity contribution is 6.03. The minimum atomic E-state index is -0.665. The molecule has 1 amide bonds. The molecule has 1 aliphatic rings. The molecule has 0 bridgehead atoms. The lowest BCUT2D eigenvalue weighted by Gasteiger charge is -2.22. The highest BCUT2D eigenvalue weighted by Gasteiger charge is 2.33. The van der Waals surface area contributed by atoms with Crippen molar-refractivity contribution in [3.63, 3.8) is 0 Å². The number of benzene rings is 3. The number of methoxy groups -OCH3 is 1. The number of carbonyl (C=O) groups excluding carboxylic acids is 2. The van der Waals surface area contributed by atoms with Crippen LogP contribution in [0.25, 0.3) is 0 Å². The first-order valence-electron chi connectivity index (χ1n) is 11.7. The van der Waals surface area contributed by atoms with Crippen LogP contribution in [0.2, 0.25) is 0 Å². The Hall–Kier alpha value is -4.33. The van der Waals surface area contributed by atoms with Gasteiger partial charge in [-0.2, -0.15) is 5.10 Å². The Morgan fingerprint density at radius 2 is 1.56 bits per heavy atom. The van der Waals surface area contributed by atoms with Crippen LogP contribution >= 0.6 is 0 Å². The van der Waals surface area contributed by atoms with Crippen LogP contribution < -0.4 is 14.2 Å². The summed E-state index contributed by atoms with van der Waals surface area (Å²) in [5, 5.41) is 5.98. The molecular formula is C28H28N2O6. The molecule has 0 radical (unpaired) electrons. The molecule has 8 nitrogen and oxygen atoms in total. The molecule has 0 fully saturated rings. The van der Waals surface area contributed by atoms with Gasteiger partial charge in [0.2, 0.25) is 0 Å². The minimum absolute atomic E-state index is 0.327. The Balaban J connectivity index is 1.42. The number of hydrogen-bond acceptors (Lipinski definition) is 7. The lowest BCUT2D eigenvalue weighted by atomic mass is 9.98. The summed E-state index contributed by atoms with van der Waals surface area (Å²) in [4.78, 5) is 25.4. The van der Waals surface area contributed by atoms with Gasteiger partial charge in [-0.15, -0.1) is 0 Å². The van der Waals surface area contributed by atoms with Crippen LogP contribution in [0.15, 0.2) is 84.0 Å². The van der Waals surface area contributed by atoms with Crippen LogP contribution in [0.5, 0.6) is 17.2 Å². The molecular weight excluding hydrogens is 460 g/mol. The maximum Gasteiger partial charge on any atom is 0.344 e. The maximum absolute atomic E-state index is 13.1. The van der Waals surface area contributed by atoms with E-state index in [0.29, 0.717) is 24.5 Å². The van der Waals surface area contributed by atoms with E-state index in [1.54, 1.807) is 25.3 Å². The van der Waals surface area contributed by atoms with Crippen LogP contribution in [0, 0.1) is 0 Å². The van der Waals surface area contributed by atoms with Crippen molar-refractivity contribution in [2.24, 2.45) is 5.10 Å². The number of hydrogen-bond donors (Lipinski definition) is 0. The van der Waals surface area contributed by atoms with Crippen molar-refractivity contribution in [2.45, 2.75) is 19.4 Å². The first-order valence-corrected chi connectivity index (χ1v) is 11.7. The molecule has 0 saturated carbocycles. The number of para-hydroxylation sites is 2. The summed E-state index contributed by atoms with van der Waals surface area (Å²) >= 11 is 0. The molecule has 3 aromatic carbocycles. The zero-order valence-corrected chi connectivity index (χ0v) is 20.3. The second-order valence-corrected chi connectivity index (χ2v) is 7.97. The monoisotopic (exact) mass is 488 g/mol. The molecule has 1 heterocycles. The van der Waals surface area contributed by atoms with Gasteiger partial charge in [0.05, 0.1) is 25.5 Å². The number of ether oxygens (including phenoxy) is 4. The van der Waals surface area contributed by atoms with Crippen molar-refractivity contribution in [1.29, 1.82) is 0 Å². The van der Waals surface area contributed by atoms with E-state index >= 15 is 0 Å². The van der Waals surface area contributed by atoms with Crippen molar-refractivity contribution < 1.29 is 28.5 Å². The van der Waals surface area contributed by atoms with Gasteiger partial charge >= 0.3 is 5.97 Å². The standard InChI is InChI=1S/C28H28N2O6/c1-3-34-25-11-7-8-12-26(25)35-19-28(32)36-18-27(31)30-24(21-13-15-22(33-2)16-14-21)17-23(29-30)20-9-5-4-6-10-20/h4-16,24H,3,17-19H2,1-2H3/t24-/m1/s1. The number of hydrazone groups is 1. The van der Waals surface area contributed by atoms with Crippen LogP contribution in [0.4, 0.5) is 0 Å². The number of esters is 1. The van der Waals surface area contributed by atoms with E-state index in [9.17, 15) is 9.59 Å². The molecule has 186 valence electrons. The number of nitrogens with zero attached hydrogens (tertiary/aromatic N) is 2. The van der Waals surface area contributed by atoms with Gasteiger partial charge in [0, 0.05) is 6.42 Å². The second kappa shape index (κ2) is 11.9. The van der Waals surface area contributed by atoms with Gasteiger partial charge in [0.25, 0.3) is 5.91 Å². The van der Waals surface area contributed by atoms with Crippen molar-refractivity contribution in [1.82, 2.24) is 5.01 Å². The Labute approximate surface area is 210 Å². The quantitative estimate of drug-likeness (QED) is 0.394. The molecule has 36 heavy (non-hydrogen) atoms. The van der Waals surface area contributed by atoms with Crippen LogP contribution in [0.3, 0.4) is 0 Å². The summed E-state index contributed by atoms with van der Waals surface area (Å²) in [6.07, 6.45) is 0.535. The largest absolute Gasteiger partial charge is 0.497 e. The molecule has 0 saturated heterocycles. The van der Waals surface area contributed by atoms with Gasteiger partial charge in [0.1, 0.15) is 5.75 Å². The third-order valence-electron chi connectivity index (χ3n) is 5.62. The van der Waals surface area contributed by atoms with E-state index in [4.69, 9.17) is 18.9 Å². The topological polar surface area (TPSA) is 86.7 Å². The lowest BCUT2D eigenvalue weighted by molar-refractivity contribution is -0.154. The normalized spacial score (nSPS) is 14.7. The van der Waals surface area contributed by atoms with Gasteiger partial charge in [-0.1, -0.05) is 54.6 Å². The van der Waals surface area contributed by atoms with E-state index in [-0.39, 0.29) is 12.6 Å². The average molecular weight is 489 g/mol. The lowest BCUT2D eigenvalue weighted by Crippen LogP contribution is -2.32. The number of amides is 1. The molecule has 4 rings (SSSR count). The fourth-order valence-corrected chi connectivity index (χ4v) is 3.86. The summed E-state index contributed by atoms with van der Waals surface area (Å²) in [5.41, 5.74) is 2.62. The third-order valence-corrected chi connectivity index (χ3v) is 5.62. The van der Waals surface area contributed by atoms with Gasteiger partial charge in [-0.3, -0.25) is 4.79 Å². The van der Waals surface area contributed by atoms with E-state index in [1.165, 1.54) is 5.01 Å². The Kier molecular flexibility index (Phi) is 8.18. The predicted molar refractivity (Wildman–Crippen MR) is 134 cm³/mol. The molecule has 3 aromatic rings. The first kappa shape index (κ1) is 24.8. The van der Waals surface area contributed by atoms with Crippen molar-refractivity contribution in [3.8, 4) is 17.2 Å². The Morgan fingerprint density at radius 1 is 0.889 bits per heavy atom. The fourth-order valence-electron chi connectivity index (χ4n) is 3.86. The van der Waals surface area contributed by atoms with Crippen LogP contribution in [0.1, 0.15) is 30.5 Å². The summed E-state index contributed by atoms with van der Waals surface area (Å²) in [7, 11) is 1.60. The zero-order valence-electron chi connectivity index (χ0n) is 20.3.